The molecule has 1 aliphatic heterocycles. The number of halogens is 1. The Labute approximate surface area is 165 Å². The molecule has 2 aromatic carbocycles. The summed E-state index contributed by atoms with van der Waals surface area (Å²) < 4.78 is 17.1. The number of fused-ring (bicyclic) bond motifs is 1. The average molecular weight is 467 g/mol. The number of hydrogen-bond donors (Lipinski definition) is 1. The van der Waals surface area contributed by atoms with Crippen molar-refractivity contribution >= 4 is 34.5 Å². The van der Waals surface area contributed by atoms with E-state index in [1.165, 1.54) is 0 Å². The minimum absolute atomic E-state index is 0.300. The van der Waals surface area contributed by atoms with Crippen LogP contribution in [0.25, 0.3) is 0 Å². The lowest BCUT2D eigenvalue weighted by Crippen LogP contribution is -2.30. The van der Waals surface area contributed by atoms with Gasteiger partial charge in [-0.3, -0.25) is 4.79 Å². The number of benzene rings is 2. The molecular weight excluding hydrogens is 449 g/mol. The molecule has 0 saturated carbocycles. The lowest BCUT2D eigenvalue weighted by atomic mass is 10.1. The van der Waals surface area contributed by atoms with Crippen molar-refractivity contribution in [1.29, 1.82) is 0 Å². The molecule has 1 heterocycles. The molecule has 3 rings (SSSR count). The Morgan fingerprint density at radius 3 is 2.54 bits per heavy atom. The zero-order chi connectivity index (χ0) is 18.4. The van der Waals surface area contributed by atoms with Crippen LogP contribution in [0.4, 0.5) is 0 Å². The number of hydrogen-bond acceptors (Lipinski definition) is 5. The van der Waals surface area contributed by atoms with Crippen LogP contribution in [0.1, 0.15) is 15.9 Å². The highest BCUT2D eigenvalue weighted by Crippen LogP contribution is 2.30. The number of esters is 1. The predicted molar refractivity (Wildman–Crippen MR) is 104 cm³/mol. The van der Waals surface area contributed by atoms with Gasteiger partial charge in [0.2, 0.25) is 0 Å². The molecule has 136 valence electrons. The van der Waals surface area contributed by atoms with Crippen molar-refractivity contribution in [2.75, 3.05) is 26.4 Å². The number of ether oxygens (including phenoxy) is 3. The molecule has 0 fully saturated rings. The molecule has 0 radical (unpaired) electrons. The van der Waals surface area contributed by atoms with E-state index in [9.17, 15) is 9.59 Å². The van der Waals surface area contributed by atoms with Crippen LogP contribution >= 0.6 is 22.6 Å². The summed E-state index contributed by atoms with van der Waals surface area (Å²) in [6, 6.07) is 12.7. The van der Waals surface area contributed by atoms with Crippen LogP contribution in [-0.2, 0) is 16.0 Å². The molecule has 0 unspecified atom stereocenters. The van der Waals surface area contributed by atoms with Gasteiger partial charge in [-0.2, -0.15) is 0 Å². The monoisotopic (exact) mass is 467 g/mol. The highest BCUT2D eigenvalue weighted by molar-refractivity contribution is 14.1. The van der Waals surface area contributed by atoms with Crippen LogP contribution in [0.15, 0.2) is 42.5 Å². The molecule has 2 aromatic rings. The van der Waals surface area contributed by atoms with E-state index >= 15 is 0 Å². The summed E-state index contributed by atoms with van der Waals surface area (Å²) in [5, 5.41) is 2.74. The fourth-order valence-electron chi connectivity index (χ4n) is 2.44. The summed E-state index contributed by atoms with van der Waals surface area (Å²) in [5.74, 6) is 0.628. The largest absolute Gasteiger partial charge is 0.486 e. The quantitative estimate of drug-likeness (QED) is 0.523. The number of nitrogens with one attached hydrogen (secondary N) is 1. The van der Waals surface area contributed by atoms with Gasteiger partial charge in [0.15, 0.2) is 18.1 Å². The molecule has 0 saturated heterocycles. The Morgan fingerprint density at radius 2 is 1.77 bits per heavy atom. The van der Waals surface area contributed by atoms with Crippen molar-refractivity contribution in [1.82, 2.24) is 5.32 Å². The van der Waals surface area contributed by atoms with Crippen LogP contribution in [0.3, 0.4) is 0 Å². The predicted octanol–water partition coefficient (Wildman–Crippen LogP) is 2.58. The summed E-state index contributed by atoms with van der Waals surface area (Å²) in [4.78, 5) is 23.7. The Balaban J connectivity index is 1.40. The lowest BCUT2D eigenvalue weighted by Gasteiger charge is -2.18. The van der Waals surface area contributed by atoms with Gasteiger partial charge in [-0.25, -0.2) is 4.79 Å². The molecule has 0 aromatic heterocycles. The van der Waals surface area contributed by atoms with Gasteiger partial charge in [0.25, 0.3) is 5.91 Å². The van der Waals surface area contributed by atoms with E-state index in [4.69, 9.17) is 14.2 Å². The Hall–Kier alpha value is -2.29. The van der Waals surface area contributed by atoms with Gasteiger partial charge in [0.05, 0.1) is 5.56 Å². The van der Waals surface area contributed by atoms with E-state index in [2.05, 4.69) is 27.9 Å². The van der Waals surface area contributed by atoms with Crippen molar-refractivity contribution < 1.29 is 23.8 Å². The van der Waals surface area contributed by atoms with Gasteiger partial charge in [0, 0.05) is 10.1 Å². The third-order valence-electron chi connectivity index (χ3n) is 3.76. The molecule has 6 nitrogen and oxygen atoms in total. The second-order valence-electron chi connectivity index (χ2n) is 5.66. The highest BCUT2D eigenvalue weighted by Gasteiger charge is 2.12. The van der Waals surface area contributed by atoms with Gasteiger partial charge in [0.1, 0.15) is 13.2 Å². The summed E-state index contributed by atoms with van der Waals surface area (Å²) in [7, 11) is 0. The maximum atomic E-state index is 11.9. The van der Waals surface area contributed by atoms with E-state index in [0.29, 0.717) is 31.7 Å². The molecule has 26 heavy (non-hydrogen) atoms. The van der Waals surface area contributed by atoms with E-state index < -0.39 is 5.97 Å². The molecular formula is C19H18INO5. The van der Waals surface area contributed by atoms with Gasteiger partial charge in [-0.15, -0.1) is 0 Å². The first-order valence-corrected chi connectivity index (χ1v) is 9.27. The standard InChI is InChI=1S/C19H18INO5/c20-15-4-2-14(3-5-15)19(23)26-12-18(22)21-8-7-13-1-6-16-17(11-13)25-10-9-24-16/h1-6,11H,7-10,12H2,(H,21,22). The smallest absolute Gasteiger partial charge is 0.338 e. The van der Waals surface area contributed by atoms with E-state index in [1.807, 2.05) is 30.3 Å². The zero-order valence-corrected chi connectivity index (χ0v) is 16.2. The van der Waals surface area contributed by atoms with E-state index in [-0.39, 0.29) is 12.5 Å². The summed E-state index contributed by atoms with van der Waals surface area (Å²) in [6.45, 7) is 1.24. The Kier molecular flexibility index (Phi) is 6.32. The zero-order valence-electron chi connectivity index (χ0n) is 14.0. The van der Waals surface area contributed by atoms with Crippen molar-refractivity contribution in [2.24, 2.45) is 0 Å². The lowest BCUT2D eigenvalue weighted by molar-refractivity contribution is -0.124. The Bertz CT molecular complexity index is 791. The number of amides is 1. The molecule has 7 heteroatoms. The first kappa shape index (κ1) is 18.5. The third kappa shape index (κ3) is 5.10. The first-order chi connectivity index (χ1) is 12.6. The van der Waals surface area contributed by atoms with Gasteiger partial charge < -0.3 is 19.5 Å². The molecule has 1 N–H and O–H groups in total. The van der Waals surface area contributed by atoms with Crippen molar-refractivity contribution in [3.63, 3.8) is 0 Å². The van der Waals surface area contributed by atoms with Gasteiger partial charge in [-0.1, -0.05) is 6.07 Å². The fraction of sp³-hybridized carbons (Fsp3) is 0.263. The van der Waals surface area contributed by atoms with Crippen molar-refractivity contribution in [3.05, 3.63) is 57.2 Å². The number of carbonyl (C=O) groups is 2. The van der Waals surface area contributed by atoms with Crippen LogP contribution in [-0.4, -0.2) is 38.2 Å². The molecule has 0 bridgehead atoms. The second-order valence-corrected chi connectivity index (χ2v) is 6.91. The SMILES string of the molecule is O=C(COC(=O)c1ccc(I)cc1)NCCc1ccc2c(c1)OCCO2. The molecule has 0 atom stereocenters. The molecule has 0 spiro atoms. The first-order valence-electron chi connectivity index (χ1n) is 8.20. The normalized spacial score (nSPS) is 12.3. The van der Waals surface area contributed by atoms with Gasteiger partial charge in [-0.05, 0) is 71.0 Å². The van der Waals surface area contributed by atoms with Crippen molar-refractivity contribution in [3.8, 4) is 11.5 Å². The summed E-state index contributed by atoms with van der Waals surface area (Å²) >= 11 is 2.15. The highest BCUT2D eigenvalue weighted by atomic mass is 127. The maximum absolute atomic E-state index is 11.9. The summed E-state index contributed by atoms with van der Waals surface area (Å²) in [5.41, 5.74) is 1.46. The van der Waals surface area contributed by atoms with Crippen LogP contribution in [0.5, 0.6) is 11.5 Å². The minimum Gasteiger partial charge on any atom is -0.486 e. The number of carbonyl (C=O) groups excluding carboxylic acids is 2. The van der Waals surface area contributed by atoms with Crippen LogP contribution in [0, 0.1) is 3.57 Å². The van der Waals surface area contributed by atoms with E-state index in [0.717, 1.165) is 20.6 Å². The fourth-order valence-corrected chi connectivity index (χ4v) is 2.80. The average Bonchev–Trinajstić information content (AvgIpc) is 2.66. The van der Waals surface area contributed by atoms with Crippen molar-refractivity contribution in [2.45, 2.75) is 6.42 Å². The second kappa shape index (κ2) is 8.88. The molecule has 0 aliphatic carbocycles. The minimum atomic E-state index is -0.511. The van der Waals surface area contributed by atoms with E-state index in [1.54, 1.807) is 12.1 Å². The number of rotatable bonds is 6. The van der Waals surface area contributed by atoms with Crippen LogP contribution < -0.4 is 14.8 Å². The topological polar surface area (TPSA) is 73.9 Å². The van der Waals surface area contributed by atoms with Gasteiger partial charge >= 0.3 is 5.97 Å². The molecule has 1 amide bonds. The third-order valence-corrected chi connectivity index (χ3v) is 4.48. The Morgan fingerprint density at radius 1 is 1.04 bits per heavy atom. The summed E-state index contributed by atoms with van der Waals surface area (Å²) in [6.07, 6.45) is 0.646. The van der Waals surface area contributed by atoms with Crippen LogP contribution in [0.2, 0.25) is 0 Å². The molecule has 1 aliphatic rings. The maximum Gasteiger partial charge on any atom is 0.338 e.